The fraction of sp³-hybridized carbons (Fsp3) is 0.333. The summed E-state index contributed by atoms with van der Waals surface area (Å²) < 4.78 is 0. The molecule has 3 heteroatoms. The lowest BCUT2D eigenvalue weighted by atomic mass is 10.0. The number of carbonyl (C=O) groups excluding carboxylic acids is 2. The largest absolute Gasteiger partial charge is 0.306 e. The van der Waals surface area contributed by atoms with Gasteiger partial charge in [0.1, 0.15) is 0 Å². The second-order valence-corrected chi connectivity index (χ2v) is 3.75. The van der Waals surface area contributed by atoms with Crippen LogP contribution in [-0.2, 0) is 16.0 Å². The minimum absolute atomic E-state index is 0.397. The molecule has 78 valence electrons. The molecule has 1 aromatic carbocycles. The molecule has 0 saturated carbocycles. The molecule has 0 bridgehead atoms. The summed E-state index contributed by atoms with van der Waals surface area (Å²) in [5.74, 6) is -0.797. The summed E-state index contributed by atoms with van der Waals surface area (Å²) in [5, 5.41) is 0. The number of ketones is 1. The zero-order chi connectivity index (χ0) is 10.8. The van der Waals surface area contributed by atoms with Gasteiger partial charge in [-0.05, 0) is 24.5 Å². The molecule has 0 unspecified atom stereocenters. The van der Waals surface area contributed by atoms with E-state index in [4.69, 9.17) is 0 Å². The van der Waals surface area contributed by atoms with Crippen molar-refractivity contribution < 1.29 is 9.59 Å². The van der Waals surface area contributed by atoms with Crippen molar-refractivity contribution in [3.63, 3.8) is 0 Å². The van der Waals surface area contributed by atoms with E-state index in [1.807, 2.05) is 24.3 Å². The molecule has 1 aliphatic heterocycles. The summed E-state index contributed by atoms with van der Waals surface area (Å²) in [4.78, 5) is 24.3. The van der Waals surface area contributed by atoms with E-state index < -0.39 is 11.7 Å². The molecule has 1 aromatic rings. The maximum absolute atomic E-state index is 11.6. The fourth-order valence-electron chi connectivity index (χ4n) is 1.93. The highest BCUT2D eigenvalue weighted by Crippen LogP contribution is 2.26. The lowest BCUT2D eigenvalue weighted by Crippen LogP contribution is -2.39. The van der Waals surface area contributed by atoms with Crippen LogP contribution < -0.4 is 4.90 Å². The second kappa shape index (κ2) is 3.85. The van der Waals surface area contributed by atoms with E-state index in [1.54, 1.807) is 4.90 Å². The van der Waals surface area contributed by atoms with E-state index in [1.165, 1.54) is 6.92 Å². The number of aryl methyl sites for hydroxylation is 1. The number of hydrogen-bond acceptors (Lipinski definition) is 2. The molecule has 1 aliphatic rings. The van der Waals surface area contributed by atoms with Crippen molar-refractivity contribution in [3.05, 3.63) is 29.8 Å². The molecule has 0 fully saturated rings. The molecule has 2 rings (SSSR count). The van der Waals surface area contributed by atoms with Crippen molar-refractivity contribution in [1.82, 2.24) is 0 Å². The number of amides is 1. The summed E-state index contributed by atoms with van der Waals surface area (Å²) in [7, 11) is 0. The van der Waals surface area contributed by atoms with Gasteiger partial charge in [-0.3, -0.25) is 9.59 Å². The highest BCUT2D eigenvalue weighted by atomic mass is 16.2. The maximum atomic E-state index is 11.6. The molecule has 15 heavy (non-hydrogen) atoms. The number of anilines is 1. The Hall–Kier alpha value is -1.64. The first-order valence-electron chi connectivity index (χ1n) is 5.10. The Morgan fingerprint density at radius 1 is 1.27 bits per heavy atom. The molecular weight excluding hydrogens is 190 g/mol. The smallest absolute Gasteiger partial charge is 0.294 e. The molecule has 0 aliphatic carbocycles. The van der Waals surface area contributed by atoms with E-state index in [-0.39, 0.29) is 0 Å². The molecule has 0 atom stereocenters. The van der Waals surface area contributed by atoms with Crippen LogP contribution in [0.25, 0.3) is 0 Å². The van der Waals surface area contributed by atoms with Gasteiger partial charge in [0.25, 0.3) is 5.91 Å². The monoisotopic (exact) mass is 203 g/mol. The van der Waals surface area contributed by atoms with Gasteiger partial charge in [0.2, 0.25) is 5.78 Å². The molecule has 3 nitrogen and oxygen atoms in total. The fourth-order valence-corrected chi connectivity index (χ4v) is 1.93. The van der Waals surface area contributed by atoms with E-state index in [2.05, 4.69) is 0 Å². The minimum atomic E-state index is -0.401. The summed E-state index contributed by atoms with van der Waals surface area (Å²) in [6.45, 7) is 1.97. The third-order valence-corrected chi connectivity index (χ3v) is 2.66. The average molecular weight is 203 g/mol. The van der Waals surface area contributed by atoms with Gasteiger partial charge in [0.15, 0.2) is 0 Å². The Balaban J connectivity index is 2.38. The number of benzene rings is 1. The van der Waals surface area contributed by atoms with Crippen molar-refractivity contribution in [2.45, 2.75) is 19.8 Å². The number of Topliss-reactive ketones (excluding diaryl/α,β-unsaturated/α-hetero) is 1. The Morgan fingerprint density at radius 3 is 2.73 bits per heavy atom. The average Bonchev–Trinajstić information content (AvgIpc) is 2.27. The van der Waals surface area contributed by atoms with Crippen LogP contribution in [0.15, 0.2) is 24.3 Å². The number of hydrogen-bond donors (Lipinski definition) is 0. The third kappa shape index (κ3) is 1.77. The predicted octanol–water partition coefficient (Wildman–Crippen LogP) is 1.55. The second-order valence-electron chi connectivity index (χ2n) is 3.75. The highest BCUT2D eigenvalue weighted by molar-refractivity contribution is 6.40. The quantitative estimate of drug-likeness (QED) is 0.649. The van der Waals surface area contributed by atoms with Crippen molar-refractivity contribution in [2.75, 3.05) is 11.4 Å². The van der Waals surface area contributed by atoms with Gasteiger partial charge in [-0.1, -0.05) is 18.2 Å². The minimum Gasteiger partial charge on any atom is -0.306 e. The lowest BCUT2D eigenvalue weighted by Gasteiger charge is -2.28. The van der Waals surface area contributed by atoms with Gasteiger partial charge in [0, 0.05) is 19.2 Å². The van der Waals surface area contributed by atoms with Crippen LogP contribution >= 0.6 is 0 Å². The summed E-state index contributed by atoms with van der Waals surface area (Å²) in [5.41, 5.74) is 2.04. The van der Waals surface area contributed by atoms with Crippen LogP contribution in [-0.4, -0.2) is 18.2 Å². The van der Waals surface area contributed by atoms with Gasteiger partial charge in [0.05, 0.1) is 0 Å². The van der Waals surface area contributed by atoms with Gasteiger partial charge >= 0.3 is 0 Å². The van der Waals surface area contributed by atoms with Crippen LogP contribution in [0.5, 0.6) is 0 Å². The third-order valence-electron chi connectivity index (χ3n) is 2.66. The van der Waals surface area contributed by atoms with Crippen LogP contribution in [0.1, 0.15) is 18.9 Å². The number of carbonyl (C=O) groups is 2. The lowest BCUT2D eigenvalue weighted by molar-refractivity contribution is -0.135. The van der Waals surface area contributed by atoms with E-state index in [0.717, 1.165) is 24.1 Å². The van der Waals surface area contributed by atoms with Crippen molar-refractivity contribution >= 4 is 17.4 Å². The first kappa shape index (κ1) is 9.90. The normalized spacial score (nSPS) is 14.6. The molecule has 0 N–H and O–H groups in total. The molecular formula is C12H13NO2. The standard InChI is InChI=1S/C12H13NO2/c1-9(14)12(15)13-8-4-6-10-5-2-3-7-11(10)13/h2-3,5,7H,4,6,8H2,1H3. The Morgan fingerprint density at radius 2 is 2.00 bits per heavy atom. The van der Waals surface area contributed by atoms with Gasteiger partial charge in [-0.2, -0.15) is 0 Å². The van der Waals surface area contributed by atoms with Gasteiger partial charge in [-0.25, -0.2) is 0 Å². The Labute approximate surface area is 88.7 Å². The number of para-hydroxylation sites is 1. The first-order valence-corrected chi connectivity index (χ1v) is 5.10. The topological polar surface area (TPSA) is 37.4 Å². The summed E-state index contributed by atoms with van der Waals surface area (Å²) in [6, 6.07) is 7.76. The summed E-state index contributed by atoms with van der Waals surface area (Å²) in [6.07, 6.45) is 1.91. The van der Waals surface area contributed by atoms with Gasteiger partial charge < -0.3 is 4.90 Å². The number of nitrogens with zero attached hydrogens (tertiary/aromatic N) is 1. The van der Waals surface area contributed by atoms with E-state index >= 15 is 0 Å². The zero-order valence-electron chi connectivity index (χ0n) is 8.69. The van der Waals surface area contributed by atoms with Crippen LogP contribution in [0.3, 0.4) is 0 Å². The Kier molecular flexibility index (Phi) is 2.54. The van der Waals surface area contributed by atoms with Crippen molar-refractivity contribution in [2.24, 2.45) is 0 Å². The van der Waals surface area contributed by atoms with Crippen LogP contribution in [0.2, 0.25) is 0 Å². The molecule has 1 amide bonds. The molecule has 0 aromatic heterocycles. The number of fused-ring (bicyclic) bond motifs is 1. The first-order chi connectivity index (χ1) is 7.20. The van der Waals surface area contributed by atoms with Crippen molar-refractivity contribution in [3.8, 4) is 0 Å². The molecule has 0 saturated heterocycles. The number of rotatable bonds is 1. The predicted molar refractivity (Wildman–Crippen MR) is 57.8 cm³/mol. The highest BCUT2D eigenvalue weighted by Gasteiger charge is 2.24. The van der Waals surface area contributed by atoms with E-state index in [0.29, 0.717) is 6.54 Å². The van der Waals surface area contributed by atoms with Crippen LogP contribution in [0.4, 0.5) is 5.69 Å². The van der Waals surface area contributed by atoms with Crippen LogP contribution in [0, 0.1) is 0 Å². The summed E-state index contributed by atoms with van der Waals surface area (Å²) >= 11 is 0. The Bertz CT molecular complexity index is 412. The zero-order valence-corrected chi connectivity index (χ0v) is 8.69. The molecule has 1 heterocycles. The van der Waals surface area contributed by atoms with Gasteiger partial charge in [-0.15, -0.1) is 0 Å². The van der Waals surface area contributed by atoms with Crippen molar-refractivity contribution in [1.29, 1.82) is 0 Å². The molecule has 0 spiro atoms. The SMILES string of the molecule is CC(=O)C(=O)N1CCCc2ccccc21. The van der Waals surface area contributed by atoms with E-state index in [9.17, 15) is 9.59 Å². The maximum Gasteiger partial charge on any atom is 0.294 e. The molecule has 0 radical (unpaired) electrons.